The van der Waals surface area contributed by atoms with E-state index in [1.165, 1.54) is 0 Å². The van der Waals surface area contributed by atoms with Crippen molar-refractivity contribution < 1.29 is 14.6 Å². The third kappa shape index (κ3) is 6.43. The number of benzene rings is 1. The first-order valence-electron chi connectivity index (χ1n) is 7.08. The minimum Gasteiger partial charge on any atom is -0.490 e. The van der Waals surface area contributed by atoms with Gasteiger partial charge in [-0.2, -0.15) is 0 Å². The van der Waals surface area contributed by atoms with Crippen LogP contribution in [-0.4, -0.2) is 31.0 Å². The lowest BCUT2D eigenvalue weighted by Gasteiger charge is -2.17. The maximum atomic E-state index is 9.20. The number of aliphatic hydroxyl groups excluding tert-OH is 1. The van der Waals surface area contributed by atoms with E-state index in [1.54, 1.807) is 0 Å². The van der Waals surface area contributed by atoms with Crippen LogP contribution in [0.5, 0.6) is 11.5 Å². The molecule has 0 saturated carbocycles. The van der Waals surface area contributed by atoms with Crippen molar-refractivity contribution >= 4 is 28.3 Å². The Labute approximate surface area is 141 Å². The number of rotatable bonds is 9. The van der Waals surface area contributed by atoms with Gasteiger partial charge in [-0.05, 0) is 53.9 Å². The SMILES string of the molecule is CCOc1cc(CNC(CC)CO)cc(Br)c1OCC.Cl. The highest BCUT2D eigenvalue weighted by Crippen LogP contribution is 2.36. The number of hydrogen-bond acceptors (Lipinski definition) is 4. The highest BCUT2D eigenvalue weighted by atomic mass is 79.9. The molecule has 0 fully saturated rings. The van der Waals surface area contributed by atoms with Crippen LogP contribution in [0.1, 0.15) is 32.8 Å². The maximum absolute atomic E-state index is 9.20. The van der Waals surface area contributed by atoms with Crippen LogP contribution in [0.2, 0.25) is 0 Å². The van der Waals surface area contributed by atoms with Crippen LogP contribution in [0.3, 0.4) is 0 Å². The van der Waals surface area contributed by atoms with Gasteiger partial charge in [0.25, 0.3) is 0 Å². The van der Waals surface area contributed by atoms with E-state index in [4.69, 9.17) is 9.47 Å². The smallest absolute Gasteiger partial charge is 0.175 e. The van der Waals surface area contributed by atoms with Crippen molar-refractivity contribution in [3.63, 3.8) is 0 Å². The summed E-state index contributed by atoms with van der Waals surface area (Å²) in [7, 11) is 0. The molecule has 4 nitrogen and oxygen atoms in total. The predicted octanol–water partition coefficient (Wildman–Crippen LogP) is 3.53. The standard InChI is InChI=1S/C15H24BrNO3.ClH/c1-4-12(10-18)17-9-11-7-13(16)15(20-6-3)14(8-11)19-5-2;/h7-8,12,17-18H,4-6,9-10H2,1-3H3;1H. The molecule has 0 saturated heterocycles. The zero-order valence-electron chi connectivity index (χ0n) is 12.8. The fraction of sp³-hybridized carbons (Fsp3) is 0.600. The Balaban J connectivity index is 0.00000400. The van der Waals surface area contributed by atoms with Crippen LogP contribution in [-0.2, 0) is 6.54 Å². The molecule has 0 aliphatic rings. The Morgan fingerprint density at radius 3 is 2.38 bits per heavy atom. The van der Waals surface area contributed by atoms with E-state index in [0.717, 1.165) is 28.0 Å². The number of nitrogens with one attached hydrogen (secondary N) is 1. The lowest BCUT2D eigenvalue weighted by molar-refractivity contribution is 0.238. The van der Waals surface area contributed by atoms with Crippen LogP contribution >= 0.6 is 28.3 Å². The summed E-state index contributed by atoms with van der Waals surface area (Å²) < 4.78 is 12.1. The van der Waals surface area contributed by atoms with Crippen molar-refractivity contribution in [1.29, 1.82) is 0 Å². The molecule has 122 valence electrons. The third-order valence-electron chi connectivity index (χ3n) is 2.97. The van der Waals surface area contributed by atoms with Crippen molar-refractivity contribution in [3.05, 3.63) is 22.2 Å². The summed E-state index contributed by atoms with van der Waals surface area (Å²) in [6.45, 7) is 7.97. The van der Waals surface area contributed by atoms with Gasteiger partial charge in [0.05, 0.1) is 24.3 Å². The maximum Gasteiger partial charge on any atom is 0.175 e. The van der Waals surface area contributed by atoms with E-state index in [1.807, 2.05) is 32.9 Å². The van der Waals surface area contributed by atoms with E-state index in [2.05, 4.69) is 21.2 Å². The topological polar surface area (TPSA) is 50.7 Å². The van der Waals surface area contributed by atoms with Crippen molar-refractivity contribution in [2.45, 2.75) is 39.8 Å². The molecular formula is C15H25BrClNO3. The van der Waals surface area contributed by atoms with Gasteiger partial charge in [-0.25, -0.2) is 0 Å². The van der Waals surface area contributed by atoms with E-state index in [-0.39, 0.29) is 25.1 Å². The van der Waals surface area contributed by atoms with Gasteiger partial charge in [-0.3, -0.25) is 0 Å². The molecule has 2 N–H and O–H groups in total. The van der Waals surface area contributed by atoms with Crippen molar-refractivity contribution in [1.82, 2.24) is 5.32 Å². The molecule has 1 atom stereocenters. The third-order valence-corrected chi connectivity index (χ3v) is 3.55. The largest absolute Gasteiger partial charge is 0.490 e. The Morgan fingerprint density at radius 2 is 1.86 bits per heavy atom. The van der Waals surface area contributed by atoms with Gasteiger partial charge in [-0.1, -0.05) is 6.92 Å². The number of hydrogen-bond donors (Lipinski definition) is 2. The van der Waals surface area contributed by atoms with E-state index in [0.29, 0.717) is 19.8 Å². The zero-order valence-corrected chi connectivity index (χ0v) is 15.2. The Kier molecular flexibility index (Phi) is 10.9. The molecule has 0 bridgehead atoms. The summed E-state index contributed by atoms with van der Waals surface area (Å²) in [5.41, 5.74) is 1.09. The van der Waals surface area contributed by atoms with Gasteiger partial charge in [0, 0.05) is 12.6 Å². The molecule has 0 amide bonds. The van der Waals surface area contributed by atoms with Gasteiger partial charge < -0.3 is 19.9 Å². The average Bonchev–Trinajstić information content (AvgIpc) is 2.44. The summed E-state index contributed by atoms with van der Waals surface area (Å²) >= 11 is 3.53. The van der Waals surface area contributed by atoms with E-state index >= 15 is 0 Å². The quantitative estimate of drug-likeness (QED) is 0.686. The first kappa shape index (κ1) is 20.5. The zero-order chi connectivity index (χ0) is 15.0. The fourth-order valence-electron chi connectivity index (χ4n) is 1.87. The normalized spacial score (nSPS) is 11.7. The summed E-state index contributed by atoms with van der Waals surface area (Å²) in [4.78, 5) is 0. The molecule has 1 rings (SSSR count). The van der Waals surface area contributed by atoms with Crippen LogP contribution < -0.4 is 14.8 Å². The van der Waals surface area contributed by atoms with Crippen LogP contribution in [0.25, 0.3) is 0 Å². The molecule has 0 aromatic heterocycles. The summed E-state index contributed by atoms with van der Waals surface area (Å²) in [6.07, 6.45) is 0.896. The number of halogens is 2. The molecule has 0 aliphatic carbocycles. The molecule has 0 aliphatic heterocycles. The second-order valence-electron chi connectivity index (χ2n) is 4.44. The van der Waals surface area contributed by atoms with Gasteiger partial charge in [0.15, 0.2) is 11.5 Å². The second-order valence-corrected chi connectivity index (χ2v) is 5.29. The summed E-state index contributed by atoms with van der Waals surface area (Å²) in [5, 5.41) is 12.5. The Morgan fingerprint density at radius 1 is 1.19 bits per heavy atom. The summed E-state index contributed by atoms with van der Waals surface area (Å²) in [6, 6.07) is 4.12. The summed E-state index contributed by atoms with van der Waals surface area (Å²) in [5.74, 6) is 1.49. The molecule has 1 aromatic rings. The monoisotopic (exact) mass is 381 g/mol. The van der Waals surface area contributed by atoms with Crippen LogP contribution in [0.4, 0.5) is 0 Å². The van der Waals surface area contributed by atoms with Gasteiger partial charge in [-0.15, -0.1) is 12.4 Å². The highest BCUT2D eigenvalue weighted by molar-refractivity contribution is 9.10. The lowest BCUT2D eigenvalue weighted by atomic mass is 10.1. The van der Waals surface area contributed by atoms with Gasteiger partial charge in [0.1, 0.15) is 0 Å². The first-order valence-corrected chi connectivity index (χ1v) is 7.87. The van der Waals surface area contributed by atoms with Gasteiger partial charge in [0.2, 0.25) is 0 Å². The van der Waals surface area contributed by atoms with Crippen molar-refractivity contribution in [3.8, 4) is 11.5 Å². The Bertz CT molecular complexity index is 414. The molecule has 1 unspecified atom stereocenters. The molecule has 0 spiro atoms. The molecule has 0 radical (unpaired) electrons. The average molecular weight is 383 g/mol. The van der Waals surface area contributed by atoms with Crippen molar-refractivity contribution in [2.24, 2.45) is 0 Å². The lowest BCUT2D eigenvalue weighted by Crippen LogP contribution is -2.31. The molecule has 21 heavy (non-hydrogen) atoms. The predicted molar refractivity (Wildman–Crippen MR) is 91.7 cm³/mol. The fourth-order valence-corrected chi connectivity index (χ4v) is 2.47. The highest BCUT2D eigenvalue weighted by Gasteiger charge is 2.12. The minimum absolute atomic E-state index is 0. The van der Waals surface area contributed by atoms with Gasteiger partial charge >= 0.3 is 0 Å². The molecule has 0 heterocycles. The Hall–Kier alpha value is -0.490. The second kappa shape index (κ2) is 11.1. The first-order chi connectivity index (χ1) is 9.65. The van der Waals surface area contributed by atoms with E-state index < -0.39 is 0 Å². The molecule has 6 heteroatoms. The van der Waals surface area contributed by atoms with Crippen LogP contribution in [0, 0.1) is 0 Å². The number of ether oxygens (including phenoxy) is 2. The van der Waals surface area contributed by atoms with E-state index in [9.17, 15) is 5.11 Å². The molecular weight excluding hydrogens is 358 g/mol. The van der Waals surface area contributed by atoms with Crippen molar-refractivity contribution in [2.75, 3.05) is 19.8 Å². The van der Waals surface area contributed by atoms with Crippen LogP contribution in [0.15, 0.2) is 16.6 Å². The minimum atomic E-state index is 0. The molecule has 1 aromatic carbocycles. The number of aliphatic hydroxyl groups is 1.